The summed E-state index contributed by atoms with van der Waals surface area (Å²) in [4.78, 5) is 7.57. The van der Waals surface area contributed by atoms with Gasteiger partial charge in [-0.25, -0.2) is 14.6 Å². The fourth-order valence-electron chi connectivity index (χ4n) is 1.23. The monoisotopic (exact) mass is 272 g/mol. The molecule has 10 heteroatoms. The Bertz CT molecular complexity index is 620. The third-order valence-corrected chi connectivity index (χ3v) is 2.13. The summed E-state index contributed by atoms with van der Waals surface area (Å²) in [6, 6.07) is 1.34. The van der Waals surface area contributed by atoms with Crippen LogP contribution in [0.15, 0.2) is 29.8 Å². The van der Waals surface area contributed by atoms with Gasteiger partial charge >= 0.3 is 6.18 Å². The van der Waals surface area contributed by atoms with Crippen LogP contribution in [-0.4, -0.2) is 30.8 Å². The molecule has 0 aliphatic carbocycles. The minimum atomic E-state index is -4.50. The Hall–Kier alpha value is -2.65. The molecule has 0 atom stereocenters. The van der Waals surface area contributed by atoms with Crippen LogP contribution in [-0.2, 0) is 6.18 Å². The molecular weight excluding hydrogens is 265 g/mol. The van der Waals surface area contributed by atoms with Crippen molar-refractivity contribution in [3.05, 3.63) is 35.9 Å². The maximum atomic E-state index is 12.4. The number of halogens is 3. The Morgan fingerprint density at radius 1 is 1.42 bits per heavy atom. The SMILES string of the molecule is N/C(=N/O)c1ccnc(-n2cc(C(F)(F)F)cn2)n1. The maximum Gasteiger partial charge on any atom is 0.419 e. The predicted octanol–water partition coefficient (Wildman–Crippen LogP) is 0.776. The molecule has 0 saturated heterocycles. The first-order chi connectivity index (χ1) is 8.91. The van der Waals surface area contributed by atoms with Crippen LogP contribution < -0.4 is 5.73 Å². The molecular formula is C9H7F3N6O. The number of aromatic nitrogens is 4. The highest BCUT2D eigenvalue weighted by Gasteiger charge is 2.32. The Kier molecular flexibility index (Phi) is 3.07. The quantitative estimate of drug-likeness (QED) is 0.364. The van der Waals surface area contributed by atoms with Crippen molar-refractivity contribution in [3.63, 3.8) is 0 Å². The number of nitrogens with zero attached hydrogens (tertiary/aromatic N) is 5. The van der Waals surface area contributed by atoms with Crippen LogP contribution in [0.25, 0.3) is 5.95 Å². The number of nitrogens with two attached hydrogens (primary N) is 1. The average Bonchev–Trinajstić information content (AvgIpc) is 2.87. The summed E-state index contributed by atoms with van der Waals surface area (Å²) >= 11 is 0. The van der Waals surface area contributed by atoms with E-state index in [0.717, 1.165) is 10.9 Å². The summed E-state index contributed by atoms with van der Waals surface area (Å²) in [6.07, 6.45) is -1.85. The highest BCUT2D eigenvalue weighted by Crippen LogP contribution is 2.28. The zero-order chi connectivity index (χ0) is 14.0. The molecule has 0 radical (unpaired) electrons. The van der Waals surface area contributed by atoms with E-state index in [-0.39, 0.29) is 17.5 Å². The van der Waals surface area contributed by atoms with Crippen LogP contribution >= 0.6 is 0 Å². The van der Waals surface area contributed by atoms with Crippen LogP contribution in [0.1, 0.15) is 11.3 Å². The molecule has 0 fully saturated rings. The molecule has 0 bridgehead atoms. The van der Waals surface area contributed by atoms with E-state index in [4.69, 9.17) is 10.9 Å². The number of alkyl halides is 3. The zero-order valence-corrected chi connectivity index (χ0v) is 9.20. The summed E-state index contributed by atoms with van der Waals surface area (Å²) in [6.45, 7) is 0. The first-order valence-electron chi connectivity index (χ1n) is 4.85. The van der Waals surface area contributed by atoms with E-state index in [1.54, 1.807) is 0 Å². The van der Waals surface area contributed by atoms with Crippen molar-refractivity contribution in [1.29, 1.82) is 0 Å². The van der Waals surface area contributed by atoms with Gasteiger partial charge in [0.05, 0.1) is 11.8 Å². The fourth-order valence-corrected chi connectivity index (χ4v) is 1.23. The number of amidine groups is 1. The number of rotatable bonds is 2. The van der Waals surface area contributed by atoms with Crippen molar-refractivity contribution >= 4 is 5.84 Å². The molecule has 2 aromatic rings. The van der Waals surface area contributed by atoms with Crippen LogP contribution in [0.4, 0.5) is 13.2 Å². The van der Waals surface area contributed by atoms with Gasteiger partial charge in [0.25, 0.3) is 5.95 Å². The third-order valence-electron chi connectivity index (χ3n) is 2.13. The van der Waals surface area contributed by atoms with Gasteiger partial charge in [-0.05, 0) is 6.07 Å². The van der Waals surface area contributed by atoms with Gasteiger partial charge in [-0.15, -0.1) is 0 Å². The molecule has 0 amide bonds. The minimum Gasteiger partial charge on any atom is -0.409 e. The van der Waals surface area contributed by atoms with Gasteiger partial charge in [0.15, 0.2) is 5.84 Å². The van der Waals surface area contributed by atoms with E-state index in [0.29, 0.717) is 6.20 Å². The van der Waals surface area contributed by atoms with Gasteiger partial charge in [-0.2, -0.15) is 18.3 Å². The first-order valence-corrected chi connectivity index (χ1v) is 4.85. The number of hydrogen-bond donors (Lipinski definition) is 2. The van der Waals surface area contributed by atoms with E-state index in [1.807, 2.05) is 0 Å². The van der Waals surface area contributed by atoms with E-state index in [1.165, 1.54) is 12.3 Å². The molecule has 100 valence electrons. The molecule has 0 aliphatic heterocycles. The Balaban J connectivity index is 2.40. The summed E-state index contributed by atoms with van der Waals surface area (Å²) in [7, 11) is 0. The van der Waals surface area contributed by atoms with Crippen LogP contribution in [0.2, 0.25) is 0 Å². The van der Waals surface area contributed by atoms with Gasteiger partial charge in [0.2, 0.25) is 0 Å². The normalized spacial score (nSPS) is 12.7. The molecule has 7 nitrogen and oxygen atoms in total. The Morgan fingerprint density at radius 2 is 2.16 bits per heavy atom. The third kappa shape index (κ3) is 2.61. The fraction of sp³-hybridized carbons (Fsp3) is 0.111. The van der Waals surface area contributed by atoms with Crippen molar-refractivity contribution in [2.45, 2.75) is 6.18 Å². The van der Waals surface area contributed by atoms with Crippen molar-refractivity contribution < 1.29 is 18.4 Å². The summed E-state index contributed by atoms with van der Waals surface area (Å²) in [5, 5.41) is 14.7. The van der Waals surface area contributed by atoms with E-state index < -0.39 is 11.7 Å². The number of oxime groups is 1. The van der Waals surface area contributed by atoms with E-state index in [9.17, 15) is 13.2 Å². The molecule has 0 saturated carbocycles. The van der Waals surface area contributed by atoms with Gasteiger partial charge in [0, 0.05) is 12.4 Å². The summed E-state index contributed by atoms with van der Waals surface area (Å²) in [5.74, 6) is -0.411. The lowest BCUT2D eigenvalue weighted by atomic mass is 10.3. The minimum absolute atomic E-state index is 0.0663. The smallest absolute Gasteiger partial charge is 0.409 e. The molecule has 2 rings (SSSR count). The van der Waals surface area contributed by atoms with Gasteiger partial charge in [0.1, 0.15) is 5.69 Å². The van der Waals surface area contributed by atoms with Crippen molar-refractivity contribution in [2.75, 3.05) is 0 Å². The molecule has 0 aliphatic rings. The standard InChI is InChI=1S/C9H7F3N6O/c10-9(11,12)5-3-15-18(4-5)8-14-2-1-6(16-8)7(13)17-19/h1-4,19H,(H2,13,17). The molecule has 0 aromatic carbocycles. The largest absolute Gasteiger partial charge is 0.419 e. The summed E-state index contributed by atoms with van der Waals surface area (Å²) in [5.41, 5.74) is 4.46. The second-order valence-electron chi connectivity index (χ2n) is 3.40. The highest BCUT2D eigenvalue weighted by atomic mass is 19.4. The summed E-state index contributed by atoms with van der Waals surface area (Å²) < 4.78 is 38.1. The Labute approximate surface area is 104 Å². The van der Waals surface area contributed by atoms with Gasteiger partial charge in [-0.1, -0.05) is 5.16 Å². The topological polar surface area (TPSA) is 102 Å². The van der Waals surface area contributed by atoms with Gasteiger partial charge in [-0.3, -0.25) is 0 Å². The molecule has 0 unspecified atom stereocenters. The lowest BCUT2D eigenvalue weighted by Crippen LogP contribution is -2.16. The Morgan fingerprint density at radius 3 is 2.74 bits per heavy atom. The number of hydrogen-bond acceptors (Lipinski definition) is 5. The predicted molar refractivity (Wildman–Crippen MR) is 56.7 cm³/mol. The molecule has 2 heterocycles. The van der Waals surface area contributed by atoms with E-state index >= 15 is 0 Å². The lowest BCUT2D eigenvalue weighted by Gasteiger charge is -2.02. The highest BCUT2D eigenvalue weighted by molar-refractivity contribution is 5.95. The van der Waals surface area contributed by atoms with Gasteiger partial charge < -0.3 is 10.9 Å². The van der Waals surface area contributed by atoms with E-state index in [2.05, 4.69) is 20.2 Å². The average molecular weight is 272 g/mol. The van der Waals surface area contributed by atoms with Crippen LogP contribution in [0.3, 0.4) is 0 Å². The lowest BCUT2D eigenvalue weighted by molar-refractivity contribution is -0.137. The molecule has 0 spiro atoms. The van der Waals surface area contributed by atoms with Crippen LogP contribution in [0, 0.1) is 0 Å². The molecule has 2 aromatic heterocycles. The van der Waals surface area contributed by atoms with Crippen molar-refractivity contribution in [3.8, 4) is 5.95 Å². The zero-order valence-electron chi connectivity index (χ0n) is 9.20. The second kappa shape index (κ2) is 4.55. The second-order valence-corrected chi connectivity index (χ2v) is 3.40. The van der Waals surface area contributed by atoms with Crippen molar-refractivity contribution in [1.82, 2.24) is 19.7 Å². The maximum absolute atomic E-state index is 12.4. The van der Waals surface area contributed by atoms with Crippen molar-refractivity contribution in [2.24, 2.45) is 10.9 Å². The molecule has 19 heavy (non-hydrogen) atoms. The van der Waals surface area contributed by atoms with Crippen LogP contribution in [0.5, 0.6) is 0 Å². The molecule has 3 N–H and O–H groups in total. The first kappa shape index (κ1) is 12.8.